The van der Waals surface area contributed by atoms with Crippen molar-refractivity contribution in [1.82, 2.24) is 0 Å². The van der Waals surface area contributed by atoms with E-state index < -0.39 is 0 Å². The molecule has 0 unspecified atom stereocenters. The molecule has 2 bridgehead atoms. The Bertz CT molecular complexity index is 765. The molecule has 5 nitrogen and oxygen atoms in total. The molecule has 0 amide bonds. The molecule has 2 aromatic rings. The third-order valence-corrected chi connectivity index (χ3v) is 5.68. The molecule has 0 radical (unpaired) electrons. The first-order chi connectivity index (χ1) is 13.2. The maximum atomic E-state index is 10.8. The molecule has 2 heterocycles. The van der Waals surface area contributed by atoms with E-state index >= 15 is 0 Å². The Balaban J connectivity index is 1.73. The summed E-state index contributed by atoms with van der Waals surface area (Å²) < 4.78 is 17.6. The Hall–Kier alpha value is -2.08. The second-order valence-corrected chi connectivity index (χ2v) is 7.37. The van der Waals surface area contributed by atoms with Crippen LogP contribution in [0.2, 0.25) is 0 Å². The van der Waals surface area contributed by atoms with Crippen molar-refractivity contribution in [2.24, 2.45) is 5.92 Å². The lowest BCUT2D eigenvalue weighted by molar-refractivity contribution is -0.753. The van der Waals surface area contributed by atoms with Gasteiger partial charge in [0.1, 0.15) is 36.8 Å². The van der Waals surface area contributed by atoms with E-state index in [1.807, 2.05) is 36.4 Å². The van der Waals surface area contributed by atoms with Crippen LogP contribution in [0.4, 0.5) is 0 Å². The molecule has 5 heteroatoms. The minimum atomic E-state index is -0.373. The number of hydrogen-bond acceptors (Lipinski definition) is 4. The first-order valence-electron chi connectivity index (χ1n) is 9.78. The number of fused-ring (bicyclic) bond motifs is 6. The molecule has 1 fully saturated rings. The van der Waals surface area contributed by atoms with E-state index in [0.717, 1.165) is 22.6 Å². The Morgan fingerprint density at radius 3 is 2.15 bits per heavy atom. The summed E-state index contributed by atoms with van der Waals surface area (Å²) in [6.07, 6.45) is 0.333. The molecule has 0 aliphatic carbocycles. The van der Waals surface area contributed by atoms with Crippen molar-refractivity contribution in [3.63, 3.8) is 0 Å². The monoisotopic (exact) mass is 370 g/mol. The third kappa shape index (κ3) is 3.95. The second-order valence-electron chi connectivity index (χ2n) is 7.37. The molecule has 27 heavy (non-hydrogen) atoms. The number of ether oxygens (including phenoxy) is 3. The standard InChI is InChI=1S/C22H27NO4/c1-15-19(24)14-18-16-6-2-4-8-20(16)26-12-10-25-11-13-27-21-9-5-3-7-17(21)22(15)23-18/h2-9,15,18-19,22-24H,10-14H2,1H3/p+1/t15-,18-,19+,22+/m1/s1. The molecule has 1 saturated heterocycles. The van der Waals surface area contributed by atoms with E-state index in [1.165, 1.54) is 0 Å². The number of benzene rings is 2. The average Bonchev–Trinajstić information content (AvgIpc) is 2.69. The summed E-state index contributed by atoms with van der Waals surface area (Å²) >= 11 is 0. The zero-order valence-corrected chi connectivity index (χ0v) is 15.7. The molecule has 3 N–H and O–H groups in total. The number of quaternary nitrogens is 1. The van der Waals surface area contributed by atoms with Gasteiger partial charge < -0.3 is 24.6 Å². The molecule has 0 saturated carbocycles. The van der Waals surface area contributed by atoms with E-state index in [1.54, 1.807) is 0 Å². The average molecular weight is 370 g/mol. The fraction of sp³-hybridized carbons (Fsp3) is 0.455. The van der Waals surface area contributed by atoms with Gasteiger partial charge in [0, 0.05) is 12.3 Å². The number of hydrogen-bond donors (Lipinski definition) is 2. The van der Waals surface area contributed by atoms with Gasteiger partial charge in [0.15, 0.2) is 0 Å². The molecule has 4 rings (SSSR count). The van der Waals surface area contributed by atoms with E-state index in [0.29, 0.717) is 32.8 Å². The number of nitrogens with two attached hydrogens (primary N) is 1. The fourth-order valence-corrected chi connectivity index (χ4v) is 4.16. The summed E-state index contributed by atoms with van der Waals surface area (Å²) in [5.74, 6) is 1.89. The van der Waals surface area contributed by atoms with Crippen molar-refractivity contribution >= 4 is 0 Å². The highest BCUT2D eigenvalue weighted by Gasteiger charge is 2.40. The van der Waals surface area contributed by atoms with Gasteiger partial charge in [-0.05, 0) is 24.3 Å². The summed E-state index contributed by atoms with van der Waals surface area (Å²) in [4.78, 5) is 0. The Morgan fingerprint density at radius 1 is 0.852 bits per heavy atom. The number of para-hydroxylation sites is 2. The molecule has 2 aliphatic heterocycles. The van der Waals surface area contributed by atoms with Gasteiger partial charge >= 0.3 is 0 Å². The van der Waals surface area contributed by atoms with Crippen molar-refractivity contribution in [2.75, 3.05) is 26.4 Å². The van der Waals surface area contributed by atoms with Crippen LogP contribution in [0, 0.1) is 5.92 Å². The lowest BCUT2D eigenvalue weighted by Gasteiger charge is -2.37. The van der Waals surface area contributed by atoms with E-state index in [2.05, 4.69) is 24.4 Å². The number of rotatable bonds is 0. The summed E-state index contributed by atoms with van der Waals surface area (Å²) in [6, 6.07) is 16.5. The van der Waals surface area contributed by atoms with Crippen LogP contribution in [0.3, 0.4) is 0 Å². The van der Waals surface area contributed by atoms with Crippen molar-refractivity contribution in [2.45, 2.75) is 31.5 Å². The predicted molar refractivity (Wildman–Crippen MR) is 102 cm³/mol. The summed E-state index contributed by atoms with van der Waals surface area (Å²) in [6.45, 7) is 4.17. The number of aliphatic hydroxyl groups is 1. The van der Waals surface area contributed by atoms with Gasteiger partial charge in [-0.3, -0.25) is 0 Å². The number of piperidine rings is 1. The third-order valence-electron chi connectivity index (χ3n) is 5.68. The lowest BCUT2D eigenvalue weighted by Crippen LogP contribution is -2.90. The van der Waals surface area contributed by atoms with Crippen molar-refractivity contribution in [1.29, 1.82) is 0 Å². The first-order valence-corrected chi connectivity index (χ1v) is 9.78. The molecule has 0 aromatic heterocycles. The van der Waals surface area contributed by atoms with Gasteiger partial charge in [-0.25, -0.2) is 0 Å². The maximum Gasteiger partial charge on any atom is 0.128 e. The van der Waals surface area contributed by atoms with Crippen LogP contribution in [0.25, 0.3) is 0 Å². The highest BCUT2D eigenvalue weighted by molar-refractivity contribution is 5.37. The summed E-state index contributed by atoms with van der Waals surface area (Å²) in [7, 11) is 0. The topological polar surface area (TPSA) is 64.5 Å². The zero-order chi connectivity index (χ0) is 18.6. The summed E-state index contributed by atoms with van der Waals surface area (Å²) in [5.41, 5.74) is 2.26. The van der Waals surface area contributed by atoms with Crippen LogP contribution in [-0.2, 0) is 4.74 Å². The lowest BCUT2D eigenvalue weighted by atomic mass is 9.80. The Kier molecular flexibility index (Phi) is 5.62. The fourth-order valence-electron chi connectivity index (χ4n) is 4.16. The van der Waals surface area contributed by atoms with E-state index in [9.17, 15) is 5.11 Å². The predicted octanol–water partition coefficient (Wildman–Crippen LogP) is 2.22. The SMILES string of the molecule is C[C@H]1[C@@H]2[NH2+][C@H](C[C@@H]1O)c1ccccc1OCCOCCOc1ccccc12. The minimum Gasteiger partial charge on any atom is -0.491 e. The Morgan fingerprint density at radius 2 is 1.44 bits per heavy atom. The highest BCUT2D eigenvalue weighted by Crippen LogP contribution is 2.37. The molecule has 0 spiro atoms. The minimum absolute atomic E-state index is 0.117. The van der Waals surface area contributed by atoms with Crippen molar-refractivity contribution in [3.8, 4) is 11.5 Å². The second kappa shape index (κ2) is 8.30. The smallest absolute Gasteiger partial charge is 0.128 e. The maximum absolute atomic E-state index is 10.8. The summed E-state index contributed by atoms with van der Waals surface area (Å²) in [5, 5.41) is 13.2. The molecular weight excluding hydrogens is 342 g/mol. The normalized spacial score (nSPS) is 28.7. The Labute approximate surface area is 160 Å². The zero-order valence-electron chi connectivity index (χ0n) is 15.7. The van der Waals surface area contributed by atoms with Gasteiger partial charge in [-0.1, -0.05) is 31.2 Å². The van der Waals surface area contributed by atoms with Crippen LogP contribution in [0.5, 0.6) is 11.5 Å². The molecule has 144 valence electrons. The molecule has 4 atom stereocenters. The largest absolute Gasteiger partial charge is 0.491 e. The van der Waals surface area contributed by atoms with Gasteiger partial charge in [-0.15, -0.1) is 0 Å². The van der Waals surface area contributed by atoms with Gasteiger partial charge in [0.2, 0.25) is 0 Å². The molecule has 2 aromatic carbocycles. The van der Waals surface area contributed by atoms with Gasteiger partial charge in [0.25, 0.3) is 0 Å². The van der Waals surface area contributed by atoms with Crippen LogP contribution in [-0.4, -0.2) is 37.6 Å². The number of aliphatic hydroxyl groups excluding tert-OH is 1. The van der Waals surface area contributed by atoms with Crippen molar-refractivity contribution < 1.29 is 24.6 Å². The molecular formula is C22H28NO4+. The van der Waals surface area contributed by atoms with Crippen LogP contribution in [0.15, 0.2) is 48.5 Å². The van der Waals surface area contributed by atoms with Crippen LogP contribution < -0.4 is 14.8 Å². The van der Waals surface area contributed by atoms with Crippen LogP contribution >= 0.6 is 0 Å². The first kappa shape index (κ1) is 18.3. The van der Waals surface area contributed by atoms with Gasteiger partial charge in [-0.2, -0.15) is 0 Å². The molecule has 2 aliphatic rings. The quantitative estimate of drug-likeness (QED) is 0.746. The highest BCUT2D eigenvalue weighted by atomic mass is 16.5. The van der Waals surface area contributed by atoms with Crippen molar-refractivity contribution in [3.05, 3.63) is 59.7 Å². The van der Waals surface area contributed by atoms with E-state index in [4.69, 9.17) is 14.2 Å². The van der Waals surface area contributed by atoms with Crippen LogP contribution in [0.1, 0.15) is 36.6 Å². The van der Waals surface area contributed by atoms with E-state index in [-0.39, 0.29) is 24.1 Å². The van der Waals surface area contributed by atoms with Gasteiger partial charge in [0.05, 0.1) is 30.4 Å².